The van der Waals surface area contributed by atoms with Crippen LogP contribution in [0.1, 0.15) is 0 Å². The van der Waals surface area contributed by atoms with Crippen LogP contribution in [0.4, 0.5) is 0 Å². The lowest BCUT2D eigenvalue weighted by molar-refractivity contribution is 0.278. The molecule has 1 rings (SSSR count). The fraction of sp³-hybridized carbons (Fsp3) is 0. The highest BCUT2D eigenvalue weighted by Crippen LogP contribution is 1.91. The van der Waals surface area contributed by atoms with Gasteiger partial charge in [-0.15, -0.1) is 0 Å². The number of rotatable bonds is 0. The number of aliphatic imine (C=N–C) groups is 1. The number of aliphatic hydroxyl groups is 1. The molecule has 0 aromatic carbocycles. The van der Waals surface area contributed by atoms with Crippen molar-refractivity contribution in [2.24, 2.45) is 4.99 Å². The van der Waals surface area contributed by atoms with E-state index in [0.717, 1.165) is 0 Å². The van der Waals surface area contributed by atoms with Crippen LogP contribution in [-0.2, 0) is 0 Å². The average molecular weight is 97.1 g/mol. The van der Waals surface area contributed by atoms with Gasteiger partial charge in [-0.25, -0.2) is 4.99 Å². The quantitative estimate of drug-likeness (QED) is 0.446. The van der Waals surface area contributed by atoms with Gasteiger partial charge in [-0.05, 0) is 6.08 Å². The Morgan fingerprint density at radius 2 is 2.57 bits per heavy atom. The van der Waals surface area contributed by atoms with Crippen molar-refractivity contribution >= 4 is 6.21 Å². The molecule has 0 bridgehead atoms. The van der Waals surface area contributed by atoms with Crippen LogP contribution in [0.5, 0.6) is 0 Å². The van der Waals surface area contributed by atoms with Crippen LogP contribution in [-0.4, -0.2) is 11.3 Å². The third-order valence-corrected chi connectivity index (χ3v) is 0.592. The molecular weight excluding hydrogens is 92.1 g/mol. The summed E-state index contributed by atoms with van der Waals surface area (Å²) in [5.74, 6) is 0. The molecule has 3 nitrogen and oxygen atoms in total. The first kappa shape index (κ1) is 4.33. The van der Waals surface area contributed by atoms with Gasteiger partial charge in [-0.2, -0.15) is 0 Å². The number of aliphatic hydroxyl groups excluding tert-OH is 1. The molecule has 1 radical (unpaired) electrons. The summed E-state index contributed by atoms with van der Waals surface area (Å²) in [4.78, 5) is 3.48. The zero-order chi connectivity index (χ0) is 5.11. The van der Waals surface area contributed by atoms with E-state index in [1.54, 1.807) is 12.3 Å². The molecule has 3 heteroatoms. The van der Waals surface area contributed by atoms with E-state index in [1.807, 2.05) is 0 Å². The summed E-state index contributed by atoms with van der Waals surface area (Å²) in [6, 6.07) is 0. The van der Waals surface area contributed by atoms with Crippen molar-refractivity contribution in [3.05, 3.63) is 18.6 Å². The largest absolute Gasteiger partial charge is 0.347 e. The Morgan fingerprint density at radius 3 is 2.86 bits per heavy atom. The van der Waals surface area contributed by atoms with Gasteiger partial charge in [0.2, 0.25) is 0 Å². The standard InChI is InChI=1S/C4H5N2O/c7-4-5-2-1-3-6-4/h1-3,5,7H. The van der Waals surface area contributed by atoms with Crippen molar-refractivity contribution in [3.8, 4) is 0 Å². The molecule has 37 valence electrons. The van der Waals surface area contributed by atoms with Crippen LogP contribution in [0, 0.1) is 6.35 Å². The monoisotopic (exact) mass is 97.0 g/mol. The maximum Gasteiger partial charge on any atom is 0.307 e. The van der Waals surface area contributed by atoms with Crippen molar-refractivity contribution in [1.29, 1.82) is 0 Å². The number of allylic oxidation sites excluding steroid dienone is 1. The highest BCUT2D eigenvalue weighted by Gasteiger charge is 1.96. The second kappa shape index (κ2) is 1.75. The Hall–Kier alpha value is -0.830. The van der Waals surface area contributed by atoms with Crippen LogP contribution in [0.15, 0.2) is 17.3 Å². The van der Waals surface area contributed by atoms with Crippen molar-refractivity contribution in [1.82, 2.24) is 5.32 Å². The van der Waals surface area contributed by atoms with E-state index in [1.165, 1.54) is 6.21 Å². The van der Waals surface area contributed by atoms with E-state index in [-0.39, 0.29) is 6.35 Å². The van der Waals surface area contributed by atoms with E-state index in [2.05, 4.69) is 10.3 Å². The molecule has 7 heavy (non-hydrogen) atoms. The lowest BCUT2D eigenvalue weighted by atomic mass is 10.6. The Balaban J connectivity index is 2.49. The van der Waals surface area contributed by atoms with E-state index < -0.39 is 0 Å². The molecule has 0 saturated heterocycles. The zero-order valence-corrected chi connectivity index (χ0v) is 3.63. The fourth-order valence-corrected chi connectivity index (χ4v) is 0.317. The molecule has 1 aliphatic heterocycles. The lowest BCUT2D eigenvalue weighted by Gasteiger charge is -2.02. The smallest absolute Gasteiger partial charge is 0.307 e. The molecule has 2 N–H and O–H groups in total. The van der Waals surface area contributed by atoms with E-state index in [0.29, 0.717) is 0 Å². The first-order chi connectivity index (χ1) is 3.39. The second-order valence-electron chi connectivity index (χ2n) is 1.11. The summed E-state index contributed by atoms with van der Waals surface area (Å²) < 4.78 is 0. The van der Waals surface area contributed by atoms with Crippen LogP contribution in [0.3, 0.4) is 0 Å². The third-order valence-electron chi connectivity index (χ3n) is 0.592. The molecule has 0 aromatic rings. The van der Waals surface area contributed by atoms with E-state index in [4.69, 9.17) is 5.11 Å². The zero-order valence-electron chi connectivity index (χ0n) is 3.63. The molecule has 0 aromatic heterocycles. The third kappa shape index (κ3) is 1.01. The predicted molar refractivity (Wildman–Crippen MR) is 25.9 cm³/mol. The molecule has 0 spiro atoms. The van der Waals surface area contributed by atoms with Crippen molar-refractivity contribution < 1.29 is 5.11 Å². The lowest BCUT2D eigenvalue weighted by Crippen LogP contribution is -2.14. The maximum atomic E-state index is 8.47. The molecule has 0 amide bonds. The predicted octanol–water partition coefficient (Wildman–Crippen LogP) is -0.00641. The van der Waals surface area contributed by atoms with Gasteiger partial charge in [0.05, 0.1) is 0 Å². The number of nitrogens with zero attached hydrogens (tertiary/aromatic N) is 1. The Morgan fingerprint density at radius 1 is 1.71 bits per heavy atom. The number of hydrogen-bond acceptors (Lipinski definition) is 3. The number of hydrogen-bond donors (Lipinski definition) is 2. The Bertz CT molecular complexity index is 108. The first-order valence-corrected chi connectivity index (χ1v) is 1.91. The molecular formula is C4H5N2O. The van der Waals surface area contributed by atoms with Crippen LogP contribution in [0.2, 0.25) is 0 Å². The van der Waals surface area contributed by atoms with Gasteiger partial charge in [0, 0.05) is 12.4 Å². The molecule has 1 aliphatic rings. The summed E-state index contributed by atoms with van der Waals surface area (Å²) in [6.07, 6.45) is 4.75. The normalized spacial score (nSPS) is 19.6. The molecule has 1 heterocycles. The highest BCUT2D eigenvalue weighted by atomic mass is 16.3. The SMILES string of the molecule is O[C]1N=CC=CN1. The van der Waals surface area contributed by atoms with Crippen LogP contribution in [0.25, 0.3) is 0 Å². The van der Waals surface area contributed by atoms with Gasteiger partial charge in [-0.3, -0.25) is 0 Å². The van der Waals surface area contributed by atoms with E-state index >= 15 is 0 Å². The Kier molecular flexibility index (Phi) is 1.08. The summed E-state index contributed by atoms with van der Waals surface area (Å²) >= 11 is 0. The van der Waals surface area contributed by atoms with Gasteiger partial charge in [0.25, 0.3) is 0 Å². The van der Waals surface area contributed by atoms with Crippen molar-refractivity contribution in [2.45, 2.75) is 0 Å². The van der Waals surface area contributed by atoms with Gasteiger partial charge in [0.1, 0.15) is 0 Å². The topological polar surface area (TPSA) is 44.6 Å². The van der Waals surface area contributed by atoms with Gasteiger partial charge in [-0.1, -0.05) is 0 Å². The van der Waals surface area contributed by atoms with Gasteiger partial charge in [0.15, 0.2) is 0 Å². The average Bonchev–Trinajstić information content (AvgIpc) is 1.69. The van der Waals surface area contributed by atoms with Gasteiger partial charge < -0.3 is 10.4 Å². The first-order valence-electron chi connectivity index (χ1n) is 1.91. The molecule has 0 aliphatic carbocycles. The number of nitrogens with one attached hydrogen (secondary N) is 1. The minimum absolute atomic E-state index is 0.0532. The summed E-state index contributed by atoms with van der Waals surface area (Å²) in [5.41, 5.74) is 0. The second-order valence-corrected chi connectivity index (χ2v) is 1.11. The Labute approximate surface area is 41.4 Å². The molecule has 0 fully saturated rings. The minimum Gasteiger partial charge on any atom is -0.347 e. The maximum absolute atomic E-state index is 8.47. The van der Waals surface area contributed by atoms with Crippen molar-refractivity contribution in [2.75, 3.05) is 0 Å². The minimum atomic E-state index is -0.0532. The summed E-state index contributed by atoms with van der Waals surface area (Å²) in [7, 11) is 0. The molecule has 0 unspecified atom stereocenters. The molecule has 0 saturated carbocycles. The fourth-order valence-electron chi connectivity index (χ4n) is 0.317. The van der Waals surface area contributed by atoms with Crippen LogP contribution < -0.4 is 5.32 Å². The molecule has 0 atom stereocenters. The highest BCUT2D eigenvalue weighted by molar-refractivity contribution is 5.72. The summed E-state index contributed by atoms with van der Waals surface area (Å²) in [5, 5.41) is 10.9. The van der Waals surface area contributed by atoms with E-state index in [9.17, 15) is 0 Å². The summed E-state index contributed by atoms with van der Waals surface area (Å²) in [6.45, 7) is 0. The van der Waals surface area contributed by atoms with Crippen molar-refractivity contribution in [3.63, 3.8) is 0 Å². The van der Waals surface area contributed by atoms with Crippen LogP contribution >= 0.6 is 0 Å². The van der Waals surface area contributed by atoms with Gasteiger partial charge >= 0.3 is 6.35 Å².